The number of fused-ring (bicyclic) bond motifs is 1. The van der Waals surface area contributed by atoms with Crippen molar-refractivity contribution in [2.75, 3.05) is 0 Å². The number of hydrogen-bond donors (Lipinski definition) is 1. The zero-order chi connectivity index (χ0) is 17.7. The third-order valence-electron chi connectivity index (χ3n) is 5.58. The summed E-state index contributed by atoms with van der Waals surface area (Å²) < 4.78 is 6.43. The quantitative estimate of drug-likeness (QED) is 0.257. The van der Waals surface area contributed by atoms with Crippen molar-refractivity contribution in [3.05, 3.63) is 47.0 Å². The van der Waals surface area contributed by atoms with E-state index in [1.165, 1.54) is 36.8 Å². The molecule has 2 aliphatic rings. The van der Waals surface area contributed by atoms with Gasteiger partial charge in [0, 0.05) is 11.8 Å². The molecule has 0 spiro atoms. The molecular weight excluding hydrogens is 296 g/mol. The Morgan fingerprint density at radius 3 is 2.75 bits per heavy atom. The van der Waals surface area contributed by atoms with Gasteiger partial charge in [0.15, 0.2) is 0 Å². The summed E-state index contributed by atoms with van der Waals surface area (Å²) in [6, 6.07) is 0. The van der Waals surface area contributed by atoms with Crippen LogP contribution in [0.25, 0.3) is 0 Å². The van der Waals surface area contributed by atoms with E-state index < -0.39 is 0 Å². The van der Waals surface area contributed by atoms with Crippen LogP contribution in [0, 0.1) is 11.8 Å². The molecule has 134 valence electrons. The summed E-state index contributed by atoms with van der Waals surface area (Å²) in [5.41, 5.74) is 3.82. The Morgan fingerprint density at radius 2 is 2.08 bits per heavy atom. The molecule has 2 nitrogen and oxygen atoms in total. The van der Waals surface area contributed by atoms with E-state index >= 15 is 0 Å². The van der Waals surface area contributed by atoms with Crippen LogP contribution in [0.5, 0.6) is 0 Å². The summed E-state index contributed by atoms with van der Waals surface area (Å²) >= 11 is 0. The number of unbranched alkanes of at least 4 members (excludes halogenated alkanes) is 2. The van der Waals surface area contributed by atoms with Crippen molar-refractivity contribution in [2.24, 2.45) is 11.8 Å². The maximum absolute atomic E-state index is 9.23. The van der Waals surface area contributed by atoms with Crippen LogP contribution in [0.3, 0.4) is 0 Å². The molecule has 0 fully saturated rings. The highest BCUT2D eigenvalue weighted by Crippen LogP contribution is 2.47. The van der Waals surface area contributed by atoms with Gasteiger partial charge < -0.3 is 9.84 Å². The molecule has 0 bridgehead atoms. The number of hydrogen-bond acceptors (Lipinski definition) is 2. The van der Waals surface area contributed by atoms with Crippen molar-refractivity contribution >= 4 is 0 Å². The van der Waals surface area contributed by atoms with Crippen LogP contribution in [0.15, 0.2) is 47.0 Å². The number of rotatable bonds is 6. The lowest BCUT2D eigenvalue weighted by Gasteiger charge is -2.46. The lowest BCUT2D eigenvalue weighted by atomic mass is 9.68. The van der Waals surface area contributed by atoms with Crippen molar-refractivity contribution in [3.8, 4) is 0 Å². The van der Waals surface area contributed by atoms with Crippen LogP contribution in [-0.4, -0.2) is 10.7 Å². The lowest BCUT2D eigenvalue weighted by molar-refractivity contribution is -0.0469. The van der Waals surface area contributed by atoms with E-state index in [9.17, 15) is 5.11 Å². The molecule has 0 amide bonds. The molecule has 1 aliphatic heterocycles. The molecule has 2 heteroatoms. The van der Waals surface area contributed by atoms with Crippen LogP contribution >= 0.6 is 0 Å². The minimum absolute atomic E-state index is 0.148. The first-order valence-electron chi connectivity index (χ1n) is 9.47. The first-order valence-corrected chi connectivity index (χ1v) is 9.47. The Balaban J connectivity index is 2.33. The largest absolute Gasteiger partial charge is 0.516 e. The Bertz CT molecular complexity index is 561. The van der Waals surface area contributed by atoms with Crippen LogP contribution in [0.1, 0.15) is 73.1 Å². The molecule has 0 aromatic heterocycles. The molecule has 1 unspecified atom stereocenters. The molecule has 2 atom stereocenters. The first-order chi connectivity index (χ1) is 11.4. The van der Waals surface area contributed by atoms with E-state index in [1.54, 1.807) is 6.08 Å². The van der Waals surface area contributed by atoms with Crippen molar-refractivity contribution in [1.29, 1.82) is 0 Å². The molecule has 0 aromatic carbocycles. The molecule has 1 heterocycles. The van der Waals surface area contributed by atoms with Crippen molar-refractivity contribution in [3.63, 3.8) is 0 Å². The smallest absolute Gasteiger partial charge is 0.119 e. The summed E-state index contributed by atoms with van der Waals surface area (Å²) in [6.45, 7) is 11.1. The molecule has 0 saturated heterocycles. The van der Waals surface area contributed by atoms with Gasteiger partial charge in [-0.05, 0) is 76.7 Å². The molecule has 1 aliphatic carbocycles. The van der Waals surface area contributed by atoms with Gasteiger partial charge in [-0.2, -0.15) is 0 Å². The molecule has 0 radical (unpaired) electrons. The van der Waals surface area contributed by atoms with Crippen molar-refractivity contribution < 1.29 is 9.84 Å². The Morgan fingerprint density at radius 1 is 1.33 bits per heavy atom. The zero-order valence-corrected chi connectivity index (χ0v) is 16.1. The highest BCUT2D eigenvalue weighted by molar-refractivity contribution is 5.35. The highest BCUT2D eigenvalue weighted by Gasteiger charge is 2.43. The lowest BCUT2D eigenvalue weighted by Crippen LogP contribution is -2.43. The Kier molecular flexibility index (Phi) is 6.37. The Labute approximate surface area is 148 Å². The van der Waals surface area contributed by atoms with Gasteiger partial charge in [-0.1, -0.05) is 31.4 Å². The second-order valence-corrected chi connectivity index (χ2v) is 7.93. The van der Waals surface area contributed by atoms with Gasteiger partial charge in [-0.3, -0.25) is 0 Å². The summed E-state index contributed by atoms with van der Waals surface area (Å²) in [7, 11) is 0. The predicted octanol–water partition coefficient (Wildman–Crippen LogP) is 6.62. The second kappa shape index (κ2) is 8.09. The van der Waals surface area contributed by atoms with E-state index in [1.807, 2.05) is 0 Å². The molecule has 0 saturated carbocycles. The summed E-state index contributed by atoms with van der Waals surface area (Å²) in [5, 5.41) is 9.23. The van der Waals surface area contributed by atoms with Gasteiger partial charge in [-0.15, -0.1) is 0 Å². The van der Waals surface area contributed by atoms with Gasteiger partial charge in [-0.25, -0.2) is 0 Å². The van der Waals surface area contributed by atoms with Gasteiger partial charge in [0.05, 0.1) is 6.26 Å². The molecular formula is C22H34O2. The Hall–Kier alpha value is -1.44. The van der Waals surface area contributed by atoms with E-state index in [0.29, 0.717) is 11.8 Å². The number of ether oxygens (including phenoxy) is 1. The van der Waals surface area contributed by atoms with E-state index in [-0.39, 0.29) is 5.60 Å². The van der Waals surface area contributed by atoms with Gasteiger partial charge in [0.1, 0.15) is 11.4 Å². The van der Waals surface area contributed by atoms with Gasteiger partial charge >= 0.3 is 0 Å². The van der Waals surface area contributed by atoms with E-state index in [0.717, 1.165) is 30.4 Å². The fraction of sp³-hybridized carbons (Fsp3) is 0.636. The van der Waals surface area contributed by atoms with Crippen LogP contribution in [0.4, 0.5) is 0 Å². The minimum atomic E-state index is -0.148. The average Bonchev–Trinajstić information content (AvgIpc) is 2.52. The molecule has 0 aromatic rings. The SMILES string of the molecule is CCCCCC(=C/C1=C(C)C2C=C(C)CC[C@H]2C(C)(C)O1)/C=C/O. The summed E-state index contributed by atoms with van der Waals surface area (Å²) in [6.07, 6.45) is 14.5. The minimum Gasteiger partial charge on any atom is -0.516 e. The fourth-order valence-electron chi connectivity index (χ4n) is 4.07. The van der Waals surface area contributed by atoms with Crippen LogP contribution in [-0.2, 0) is 4.74 Å². The monoisotopic (exact) mass is 330 g/mol. The fourth-order valence-corrected chi connectivity index (χ4v) is 4.07. The second-order valence-electron chi connectivity index (χ2n) is 7.93. The third-order valence-corrected chi connectivity index (χ3v) is 5.58. The van der Waals surface area contributed by atoms with E-state index in [2.05, 4.69) is 46.8 Å². The van der Waals surface area contributed by atoms with Crippen molar-refractivity contribution in [1.82, 2.24) is 0 Å². The molecule has 24 heavy (non-hydrogen) atoms. The maximum atomic E-state index is 9.23. The zero-order valence-electron chi connectivity index (χ0n) is 16.1. The third kappa shape index (κ3) is 4.34. The normalized spacial score (nSPS) is 27.0. The number of allylic oxidation sites excluding steroid dienone is 6. The number of aliphatic hydroxyl groups excluding tert-OH is 1. The average molecular weight is 331 g/mol. The van der Waals surface area contributed by atoms with Crippen molar-refractivity contribution in [2.45, 2.75) is 78.7 Å². The first kappa shape index (κ1) is 18.9. The molecule has 1 N–H and O–H groups in total. The van der Waals surface area contributed by atoms with Gasteiger partial charge in [0.2, 0.25) is 0 Å². The predicted molar refractivity (Wildman–Crippen MR) is 102 cm³/mol. The number of aliphatic hydroxyl groups is 1. The summed E-state index contributed by atoms with van der Waals surface area (Å²) in [5.74, 6) is 2.02. The van der Waals surface area contributed by atoms with Crippen LogP contribution in [0.2, 0.25) is 0 Å². The molecule has 2 rings (SSSR count). The van der Waals surface area contributed by atoms with E-state index in [4.69, 9.17) is 4.74 Å². The standard InChI is InChI=1S/C22H34O2/c1-6-7-8-9-18(12-13-23)15-21-17(3)19-14-16(2)10-11-20(19)22(4,5)24-21/h12-15,19-20,23H,6-11H2,1-5H3/b13-12+,18-15-/t19?,20-/m1/s1. The summed E-state index contributed by atoms with van der Waals surface area (Å²) in [4.78, 5) is 0. The van der Waals surface area contributed by atoms with Crippen LogP contribution < -0.4 is 0 Å². The maximum Gasteiger partial charge on any atom is 0.119 e. The topological polar surface area (TPSA) is 29.5 Å². The van der Waals surface area contributed by atoms with Gasteiger partial charge in [0.25, 0.3) is 0 Å². The highest BCUT2D eigenvalue weighted by atomic mass is 16.5.